The molecule has 1 aromatic carbocycles. The Labute approximate surface area is 138 Å². The lowest BCUT2D eigenvalue weighted by Crippen LogP contribution is -2.26. The van der Waals surface area contributed by atoms with Crippen molar-refractivity contribution in [3.63, 3.8) is 0 Å². The average Bonchev–Trinajstić information content (AvgIpc) is 2.94. The smallest absolute Gasteiger partial charge is 0.350 e. The van der Waals surface area contributed by atoms with Crippen LogP contribution in [0.25, 0.3) is 0 Å². The van der Waals surface area contributed by atoms with Gasteiger partial charge in [-0.05, 0) is 42.5 Å². The van der Waals surface area contributed by atoms with E-state index in [4.69, 9.17) is 0 Å². The van der Waals surface area contributed by atoms with Gasteiger partial charge in [-0.3, -0.25) is 9.89 Å². The van der Waals surface area contributed by atoms with Crippen LogP contribution in [0.3, 0.4) is 0 Å². The van der Waals surface area contributed by atoms with Gasteiger partial charge in [-0.1, -0.05) is 26.0 Å². The minimum Gasteiger partial charge on any atom is -0.350 e. The number of hydrogen-bond donors (Lipinski definition) is 2. The van der Waals surface area contributed by atoms with Crippen LogP contribution in [-0.2, 0) is 19.0 Å². The Morgan fingerprint density at radius 2 is 1.92 bits per heavy atom. The summed E-state index contributed by atoms with van der Waals surface area (Å²) in [6.07, 6.45) is -3.07. The number of halogens is 3. The van der Waals surface area contributed by atoms with Gasteiger partial charge in [0, 0.05) is 12.2 Å². The Kier molecular flexibility index (Phi) is 5.64. The fraction of sp³-hybridized carbons (Fsp3) is 0.412. The van der Waals surface area contributed by atoms with E-state index in [9.17, 15) is 18.0 Å². The molecule has 0 radical (unpaired) electrons. The summed E-state index contributed by atoms with van der Waals surface area (Å²) in [6, 6.07) is 6.65. The fourth-order valence-electron chi connectivity index (χ4n) is 2.29. The molecule has 0 aliphatic heterocycles. The van der Waals surface area contributed by atoms with Gasteiger partial charge in [-0.2, -0.15) is 18.3 Å². The van der Waals surface area contributed by atoms with Crippen molar-refractivity contribution in [3.05, 3.63) is 52.8 Å². The largest absolute Gasteiger partial charge is 0.416 e. The van der Waals surface area contributed by atoms with Crippen LogP contribution in [0.2, 0.25) is 0 Å². The predicted molar refractivity (Wildman–Crippen MR) is 84.6 cm³/mol. The minimum atomic E-state index is -4.33. The molecule has 1 heterocycles. The van der Waals surface area contributed by atoms with Gasteiger partial charge in [0.2, 0.25) is 0 Å². The first kappa shape index (κ1) is 18.0. The number of benzene rings is 1. The van der Waals surface area contributed by atoms with Crippen molar-refractivity contribution in [2.75, 3.05) is 6.54 Å². The van der Waals surface area contributed by atoms with Crippen LogP contribution in [0.4, 0.5) is 13.2 Å². The molecule has 0 fully saturated rings. The van der Waals surface area contributed by atoms with Gasteiger partial charge in [0.15, 0.2) is 0 Å². The third kappa shape index (κ3) is 5.11. The molecule has 2 N–H and O–H groups in total. The van der Waals surface area contributed by atoms with Crippen molar-refractivity contribution in [2.45, 2.75) is 32.9 Å². The first-order chi connectivity index (χ1) is 11.3. The number of nitrogens with one attached hydrogen (secondary N) is 2. The van der Waals surface area contributed by atoms with Gasteiger partial charge in [0.05, 0.1) is 5.56 Å². The molecule has 0 atom stereocenters. The maximum absolute atomic E-state index is 12.5. The summed E-state index contributed by atoms with van der Waals surface area (Å²) in [5.74, 6) is 0.161. The summed E-state index contributed by atoms with van der Waals surface area (Å²) in [5, 5.41) is 9.52. The lowest BCUT2D eigenvalue weighted by Gasteiger charge is -2.08. The van der Waals surface area contributed by atoms with Gasteiger partial charge < -0.3 is 5.32 Å². The molecule has 0 aliphatic carbocycles. The molecule has 2 aromatic rings. The number of carbonyl (C=O) groups is 1. The molecule has 1 aromatic heterocycles. The zero-order valence-corrected chi connectivity index (χ0v) is 13.6. The van der Waals surface area contributed by atoms with Crippen LogP contribution < -0.4 is 5.32 Å². The van der Waals surface area contributed by atoms with Gasteiger partial charge in [-0.15, -0.1) is 0 Å². The highest BCUT2D eigenvalue weighted by Crippen LogP contribution is 2.29. The van der Waals surface area contributed by atoms with Crippen LogP contribution >= 0.6 is 0 Å². The van der Waals surface area contributed by atoms with E-state index in [1.807, 2.05) is 0 Å². The fourth-order valence-corrected chi connectivity index (χ4v) is 2.29. The third-order valence-corrected chi connectivity index (χ3v) is 3.47. The van der Waals surface area contributed by atoms with Gasteiger partial charge in [-0.25, -0.2) is 0 Å². The van der Waals surface area contributed by atoms with E-state index in [-0.39, 0.29) is 5.91 Å². The maximum atomic E-state index is 12.5. The second-order valence-electron chi connectivity index (χ2n) is 6.08. The number of rotatable bonds is 6. The number of alkyl halides is 3. The number of H-pyrrole nitrogens is 1. The number of nitrogens with zero attached hydrogens (tertiary/aromatic N) is 1. The second kappa shape index (κ2) is 7.51. The van der Waals surface area contributed by atoms with E-state index < -0.39 is 11.7 Å². The van der Waals surface area contributed by atoms with E-state index in [1.165, 1.54) is 12.1 Å². The molecule has 7 heteroatoms. The highest BCUT2D eigenvalue weighted by molar-refractivity contribution is 5.92. The van der Waals surface area contributed by atoms with Crippen molar-refractivity contribution in [2.24, 2.45) is 5.92 Å². The van der Waals surface area contributed by atoms with E-state index in [0.717, 1.165) is 29.8 Å². The summed E-state index contributed by atoms with van der Waals surface area (Å²) < 4.78 is 37.4. The topological polar surface area (TPSA) is 57.8 Å². The monoisotopic (exact) mass is 339 g/mol. The quantitative estimate of drug-likeness (QED) is 0.845. The summed E-state index contributed by atoms with van der Waals surface area (Å²) in [6.45, 7) is 4.48. The molecule has 0 spiro atoms. The van der Waals surface area contributed by atoms with Crippen molar-refractivity contribution in [3.8, 4) is 0 Å². The second-order valence-corrected chi connectivity index (χ2v) is 6.08. The Balaban J connectivity index is 1.83. The molecule has 130 valence electrons. The molecule has 0 unspecified atom stereocenters. The third-order valence-electron chi connectivity index (χ3n) is 3.47. The molecule has 24 heavy (non-hydrogen) atoms. The van der Waals surface area contributed by atoms with Gasteiger partial charge in [0.1, 0.15) is 5.69 Å². The van der Waals surface area contributed by atoms with Crippen LogP contribution in [0.1, 0.15) is 41.2 Å². The number of carbonyl (C=O) groups excluding carboxylic acids is 1. The Morgan fingerprint density at radius 3 is 2.50 bits per heavy atom. The lowest BCUT2D eigenvalue weighted by molar-refractivity contribution is -0.137. The molecule has 4 nitrogen and oxygen atoms in total. The van der Waals surface area contributed by atoms with Crippen LogP contribution in [0.5, 0.6) is 0 Å². The van der Waals surface area contributed by atoms with Crippen molar-refractivity contribution < 1.29 is 18.0 Å². The normalized spacial score (nSPS) is 11.8. The van der Waals surface area contributed by atoms with Crippen molar-refractivity contribution >= 4 is 5.91 Å². The minimum absolute atomic E-state index is 0.298. The number of aromatic amines is 1. The Bertz CT molecular complexity index is 675. The van der Waals surface area contributed by atoms with Gasteiger partial charge >= 0.3 is 6.18 Å². The van der Waals surface area contributed by atoms with E-state index in [2.05, 4.69) is 29.4 Å². The molecule has 2 rings (SSSR count). The zero-order valence-electron chi connectivity index (χ0n) is 13.6. The summed E-state index contributed by atoms with van der Waals surface area (Å²) in [5.41, 5.74) is 1.27. The molecular weight excluding hydrogens is 319 g/mol. The molecule has 0 saturated carbocycles. The predicted octanol–water partition coefficient (Wildman–Crippen LogP) is 3.60. The number of amides is 1. The van der Waals surface area contributed by atoms with Crippen LogP contribution in [-0.4, -0.2) is 22.6 Å². The Morgan fingerprint density at radius 1 is 1.25 bits per heavy atom. The van der Waals surface area contributed by atoms with Crippen LogP contribution in [0.15, 0.2) is 30.3 Å². The number of hydrogen-bond acceptors (Lipinski definition) is 2. The molecular formula is C17H20F3N3O. The SMILES string of the molecule is CC(C)Cc1cc(C(=O)NCCc2ccc(C(F)(F)F)cc2)n[nH]1. The average molecular weight is 339 g/mol. The van der Waals surface area contributed by atoms with Crippen LogP contribution in [0, 0.1) is 5.92 Å². The lowest BCUT2D eigenvalue weighted by atomic mass is 10.1. The summed E-state index contributed by atoms with van der Waals surface area (Å²) in [7, 11) is 0. The maximum Gasteiger partial charge on any atom is 0.416 e. The molecule has 0 saturated heterocycles. The molecule has 0 aliphatic rings. The van der Waals surface area contributed by atoms with E-state index in [0.29, 0.717) is 24.6 Å². The molecule has 1 amide bonds. The first-order valence-corrected chi connectivity index (χ1v) is 7.74. The highest BCUT2D eigenvalue weighted by atomic mass is 19.4. The van der Waals surface area contributed by atoms with E-state index >= 15 is 0 Å². The van der Waals surface area contributed by atoms with Crippen molar-refractivity contribution in [1.29, 1.82) is 0 Å². The summed E-state index contributed by atoms with van der Waals surface area (Å²) in [4.78, 5) is 12.0. The number of aromatic nitrogens is 2. The first-order valence-electron chi connectivity index (χ1n) is 7.74. The Hall–Kier alpha value is -2.31. The zero-order chi connectivity index (χ0) is 17.7. The van der Waals surface area contributed by atoms with Gasteiger partial charge in [0.25, 0.3) is 5.91 Å². The van der Waals surface area contributed by atoms with E-state index in [1.54, 1.807) is 6.07 Å². The summed E-state index contributed by atoms with van der Waals surface area (Å²) >= 11 is 0. The van der Waals surface area contributed by atoms with Crippen molar-refractivity contribution in [1.82, 2.24) is 15.5 Å². The standard InChI is InChI=1S/C17H20F3N3O/c1-11(2)9-14-10-15(23-22-14)16(24)21-8-7-12-3-5-13(6-4-12)17(18,19)20/h3-6,10-11H,7-9H2,1-2H3,(H,21,24)(H,22,23). The highest BCUT2D eigenvalue weighted by Gasteiger charge is 2.29. The molecule has 0 bridgehead atoms.